The molecular weight excluding hydrogens is 391 g/mol. The molecule has 0 aliphatic rings. The summed E-state index contributed by atoms with van der Waals surface area (Å²) in [6.45, 7) is 0.294. The summed E-state index contributed by atoms with van der Waals surface area (Å²) >= 11 is 0. The Morgan fingerprint density at radius 3 is 2.53 bits per heavy atom. The van der Waals surface area contributed by atoms with Crippen LogP contribution in [0, 0.1) is 11.2 Å². The van der Waals surface area contributed by atoms with E-state index < -0.39 is 11.9 Å². The average Bonchev–Trinajstić information content (AvgIpc) is 2.75. The lowest BCUT2D eigenvalue weighted by atomic mass is 10.1. The van der Waals surface area contributed by atoms with Crippen molar-refractivity contribution in [3.05, 3.63) is 65.5 Å². The van der Waals surface area contributed by atoms with E-state index in [1.54, 1.807) is 24.5 Å². The number of anilines is 4. The van der Waals surface area contributed by atoms with Gasteiger partial charge in [-0.05, 0) is 17.7 Å². The van der Waals surface area contributed by atoms with E-state index in [9.17, 15) is 9.18 Å². The van der Waals surface area contributed by atoms with Crippen molar-refractivity contribution in [2.45, 2.75) is 6.54 Å². The van der Waals surface area contributed by atoms with Crippen molar-refractivity contribution in [1.82, 2.24) is 15.0 Å². The van der Waals surface area contributed by atoms with Crippen LogP contribution in [0.5, 0.6) is 0 Å². The van der Waals surface area contributed by atoms with Crippen LogP contribution in [0.2, 0.25) is 0 Å². The summed E-state index contributed by atoms with van der Waals surface area (Å²) in [6.07, 6.45) is 2.49. The first-order chi connectivity index (χ1) is 14.4. The Morgan fingerprint density at radius 2 is 1.90 bits per heavy atom. The number of benzene rings is 1. The number of rotatable bonds is 6. The van der Waals surface area contributed by atoms with Crippen molar-refractivity contribution in [2.75, 3.05) is 29.2 Å². The Balaban J connectivity index is 1.91. The maximum atomic E-state index is 14.5. The van der Waals surface area contributed by atoms with E-state index in [1.807, 2.05) is 6.07 Å². The number of hydrogen-bond donors (Lipinski definition) is 5. The molecule has 0 radical (unpaired) electrons. The fourth-order valence-corrected chi connectivity index (χ4v) is 2.61. The summed E-state index contributed by atoms with van der Waals surface area (Å²) in [5, 5.41) is 13.7. The molecule has 0 fully saturated rings. The Labute approximate surface area is 171 Å². The highest BCUT2D eigenvalue weighted by Gasteiger charge is 2.20. The van der Waals surface area contributed by atoms with Crippen molar-refractivity contribution in [3.63, 3.8) is 0 Å². The molecule has 0 atom stereocenters. The molecule has 0 spiro atoms. The molecular formula is C19H19FN8O2. The van der Waals surface area contributed by atoms with E-state index in [1.165, 1.54) is 19.2 Å². The normalized spacial score (nSPS) is 10.3. The summed E-state index contributed by atoms with van der Waals surface area (Å²) in [4.78, 5) is 23.5. The molecule has 2 heterocycles. The predicted molar refractivity (Wildman–Crippen MR) is 111 cm³/mol. The fourth-order valence-electron chi connectivity index (χ4n) is 2.61. The number of halogens is 1. The monoisotopic (exact) mass is 410 g/mol. The molecule has 2 aromatic heterocycles. The minimum Gasteiger partial charge on any atom is -0.453 e. The van der Waals surface area contributed by atoms with Gasteiger partial charge in [0.2, 0.25) is 0 Å². The maximum absolute atomic E-state index is 14.5. The van der Waals surface area contributed by atoms with Gasteiger partial charge in [-0.1, -0.05) is 18.2 Å². The first-order valence-electron chi connectivity index (χ1n) is 8.69. The number of hydrogen-bond acceptors (Lipinski definition) is 9. The van der Waals surface area contributed by atoms with Gasteiger partial charge >= 0.3 is 6.09 Å². The van der Waals surface area contributed by atoms with Crippen LogP contribution in [-0.2, 0) is 11.3 Å². The molecule has 0 aliphatic carbocycles. The first-order valence-corrected chi connectivity index (χ1v) is 8.69. The molecule has 0 saturated heterocycles. The number of nitrogens with two attached hydrogens (primary N) is 2. The lowest BCUT2D eigenvalue weighted by molar-refractivity contribution is 0.187. The second kappa shape index (κ2) is 8.82. The van der Waals surface area contributed by atoms with Crippen molar-refractivity contribution < 1.29 is 13.9 Å². The molecule has 1 aromatic carbocycles. The molecule has 3 rings (SSSR count). The number of pyridine rings is 1. The number of carbonyl (C=O) groups is 1. The van der Waals surface area contributed by atoms with E-state index in [-0.39, 0.29) is 40.1 Å². The zero-order valence-corrected chi connectivity index (χ0v) is 15.9. The summed E-state index contributed by atoms with van der Waals surface area (Å²) in [5.41, 5.74) is 12.6. The predicted octanol–water partition coefficient (Wildman–Crippen LogP) is 2.38. The van der Waals surface area contributed by atoms with Gasteiger partial charge in [-0.25, -0.2) is 19.2 Å². The molecule has 3 aromatic rings. The van der Waals surface area contributed by atoms with Gasteiger partial charge in [0.15, 0.2) is 17.5 Å². The van der Waals surface area contributed by atoms with Gasteiger partial charge in [0, 0.05) is 24.5 Å². The van der Waals surface area contributed by atoms with Crippen molar-refractivity contribution in [3.8, 4) is 0 Å². The largest absolute Gasteiger partial charge is 0.453 e. The molecule has 7 N–H and O–H groups in total. The number of nitrogens with zero attached hydrogens (tertiary/aromatic N) is 3. The summed E-state index contributed by atoms with van der Waals surface area (Å²) in [6, 6.07) is 7.89. The molecule has 11 heteroatoms. The number of nitrogens with one attached hydrogen (secondary N) is 3. The van der Waals surface area contributed by atoms with Crippen LogP contribution in [0.4, 0.5) is 32.2 Å². The molecule has 0 unspecified atom stereocenters. The Kier molecular flexibility index (Phi) is 6.01. The molecule has 154 valence electrons. The van der Waals surface area contributed by atoms with Crippen LogP contribution >= 0.6 is 0 Å². The SMILES string of the molecule is COC(=O)Nc1c(N)nc(C(=N)c2cccc(F)c2NCc2cccnc2)nc1N. The number of nitrogen functional groups attached to an aromatic ring is 2. The lowest BCUT2D eigenvalue weighted by Gasteiger charge is -2.15. The van der Waals surface area contributed by atoms with Gasteiger partial charge < -0.3 is 21.5 Å². The number of aromatic nitrogens is 3. The standard InChI is InChI=1S/C19H19FN8O2/c1-30-19(29)26-15-16(22)27-18(28-17(15)23)13(21)11-5-2-6-12(20)14(11)25-9-10-4-3-7-24-8-10/h2-8,21,25H,9H2,1H3,(H,26,29)(H4,22,23,27,28). The smallest absolute Gasteiger partial charge is 0.411 e. The fraction of sp³-hybridized carbons (Fsp3) is 0.105. The summed E-state index contributed by atoms with van der Waals surface area (Å²) < 4.78 is 19.0. The third kappa shape index (κ3) is 4.41. The van der Waals surface area contributed by atoms with Crippen LogP contribution < -0.4 is 22.1 Å². The first kappa shape index (κ1) is 20.5. The maximum Gasteiger partial charge on any atom is 0.411 e. The van der Waals surface area contributed by atoms with Gasteiger partial charge in [-0.2, -0.15) is 0 Å². The summed E-state index contributed by atoms with van der Waals surface area (Å²) in [7, 11) is 1.18. The van der Waals surface area contributed by atoms with E-state index in [0.29, 0.717) is 6.54 Å². The zero-order valence-electron chi connectivity index (χ0n) is 15.9. The topological polar surface area (TPSA) is 165 Å². The van der Waals surface area contributed by atoms with Crippen molar-refractivity contribution >= 4 is 34.8 Å². The van der Waals surface area contributed by atoms with E-state index in [2.05, 4.69) is 30.3 Å². The number of amides is 1. The van der Waals surface area contributed by atoms with Crippen LogP contribution in [0.1, 0.15) is 17.0 Å². The van der Waals surface area contributed by atoms with Crippen LogP contribution in [0.3, 0.4) is 0 Å². The third-order valence-electron chi connectivity index (χ3n) is 4.08. The van der Waals surface area contributed by atoms with Gasteiger partial charge in [-0.3, -0.25) is 15.7 Å². The van der Waals surface area contributed by atoms with Crippen LogP contribution in [0.25, 0.3) is 0 Å². The quantitative estimate of drug-likeness (QED) is 0.386. The second-order valence-electron chi connectivity index (χ2n) is 6.06. The van der Waals surface area contributed by atoms with Crippen LogP contribution in [-0.4, -0.2) is 33.9 Å². The summed E-state index contributed by atoms with van der Waals surface area (Å²) in [5.74, 6) is -0.996. The van der Waals surface area contributed by atoms with Gasteiger partial charge in [0.05, 0.1) is 12.8 Å². The number of para-hydroxylation sites is 1. The zero-order chi connectivity index (χ0) is 21.7. The Morgan fingerprint density at radius 1 is 1.17 bits per heavy atom. The van der Waals surface area contributed by atoms with Crippen molar-refractivity contribution in [1.29, 1.82) is 5.41 Å². The highest BCUT2D eigenvalue weighted by atomic mass is 19.1. The Bertz CT molecular complexity index is 1070. The van der Waals surface area contributed by atoms with E-state index in [4.69, 9.17) is 16.9 Å². The molecule has 1 amide bonds. The molecule has 0 bridgehead atoms. The number of ether oxygens (including phenoxy) is 1. The molecule has 0 aliphatic heterocycles. The van der Waals surface area contributed by atoms with Gasteiger partial charge in [0.25, 0.3) is 0 Å². The van der Waals surface area contributed by atoms with Gasteiger partial charge in [0.1, 0.15) is 17.2 Å². The van der Waals surface area contributed by atoms with Gasteiger partial charge in [-0.15, -0.1) is 0 Å². The third-order valence-corrected chi connectivity index (χ3v) is 4.08. The number of carbonyl (C=O) groups excluding carboxylic acids is 1. The van der Waals surface area contributed by atoms with Crippen molar-refractivity contribution in [2.24, 2.45) is 0 Å². The molecule has 0 saturated carbocycles. The highest BCUT2D eigenvalue weighted by Crippen LogP contribution is 2.26. The average molecular weight is 410 g/mol. The Hall–Kier alpha value is -4.28. The second-order valence-corrected chi connectivity index (χ2v) is 6.06. The highest BCUT2D eigenvalue weighted by molar-refractivity contribution is 6.12. The van der Waals surface area contributed by atoms with E-state index >= 15 is 0 Å². The minimum atomic E-state index is -0.799. The number of methoxy groups -OCH3 is 1. The molecule has 30 heavy (non-hydrogen) atoms. The van der Waals surface area contributed by atoms with Crippen LogP contribution in [0.15, 0.2) is 42.7 Å². The van der Waals surface area contributed by atoms with E-state index in [0.717, 1.165) is 5.56 Å². The molecule has 10 nitrogen and oxygen atoms in total. The minimum absolute atomic E-state index is 0.0347. The lowest BCUT2D eigenvalue weighted by Crippen LogP contribution is -2.19.